The molecular weight excluding hydrogens is 336 g/mol. The molecule has 0 amide bonds. The lowest BCUT2D eigenvalue weighted by Gasteiger charge is -2.01. The predicted octanol–water partition coefficient (Wildman–Crippen LogP) is 4.72. The molecule has 0 aliphatic carbocycles. The number of hydrogen-bond acceptors (Lipinski definition) is 5. The summed E-state index contributed by atoms with van der Waals surface area (Å²) in [5, 5.41) is 12.0. The molecule has 0 radical (unpaired) electrons. The molecule has 1 N–H and O–H groups in total. The first kappa shape index (κ1) is 15.9. The van der Waals surface area contributed by atoms with Gasteiger partial charge in [-0.25, -0.2) is 8.78 Å². The fourth-order valence-electron chi connectivity index (χ4n) is 1.89. The Balaban J connectivity index is 1.52. The van der Waals surface area contributed by atoms with Gasteiger partial charge in [0.1, 0.15) is 11.6 Å². The second-order valence-corrected chi connectivity index (χ2v) is 6.97. The number of halogens is 2. The third-order valence-electron chi connectivity index (χ3n) is 3.01. The van der Waals surface area contributed by atoms with Gasteiger partial charge in [0.2, 0.25) is 5.13 Å². The molecule has 0 bridgehead atoms. The zero-order valence-electron chi connectivity index (χ0n) is 12.0. The fraction of sp³-hybridized carbons (Fsp3) is 0.125. The first-order valence-electron chi connectivity index (χ1n) is 6.88. The van der Waals surface area contributed by atoms with Crippen molar-refractivity contribution < 1.29 is 8.78 Å². The third kappa shape index (κ3) is 4.74. The van der Waals surface area contributed by atoms with Crippen LogP contribution in [0.25, 0.3) is 0 Å². The molecule has 0 saturated carbocycles. The van der Waals surface area contributed by atoms with Gasteiger partial charge in [-0.3, -0.25) is 0 Å². The number of hydrogen-bond donors (Lipinski definition) is 1. The van der Waals surface area contributed by atoms with E-state index < -0.39 is 0 Å². The van der Waals surface area contributed by atoms with Crippen LogP contribution in [0.5, 0.6) is 0 Å². The molecular formula is C16H13F2N3S2. The molecule has 0 saturated heterocycles. The van der Waals surface area contributed by atoms with Gasteiger partial charge in [-0.2, -0.15) is 0 Å². The summed E-state index contributed by atoms with van der Waals surface area (Å²) < 4.78 is 26.8. The lowest BCUT2D eigenvalue weighted by atomic mass is 10.2. The van der Waals surface area contributed by atoms with Crippen molar-refractivity contribution in [2.24, 2.45) is 0 Å². The molecule has 0 unspecified atom stereocenters. The second-order valence-electron chi connectivity index (χ2n) is 4.77. The maximum absolute atomic E-state index is 13.1. The molecule has 3 rings (SSSR count). The summed E-state index contributed by atoms with van der Waals surface area (Å²) in [6.07, 6.45) is 0. The Hall–Kier alpha value is -1.99. The average Bonchev–Trinajstić information content (AvgIpc) is 3.00. The Kier molecular flexibility index (Phi) is 5.19. The van der Waals surface area contributed by atoms with E-state index in [2.05, 4.69) is 15.5 Å². The van der Waals surface area contributed by atoms with Crippen molar-refractivity contribution in [2.75, 3.05) is 5.32 Å². The van der Waals surface area contributed by atoms with Crippen LogP contribution in [0.3, 0.4) is 0 Å². The minimum atomic E-state index is -0.249. The Morgan fingerprint density at radius 2 is 1.78 bits per heavy atom. The molecule has 1 heterocycles. The van der Waals surface area contributed by atoms with Crippen molar-refractivity contribution in [2.45, 2.75) is 16.6 Å². The van der Waals surface area contributed by atoms with Gasteiger partial charge in [0.05, 0.1) is 0 Å². The quantitative estimate of drug-likeness (QED) is 0.654. The van der Waals surface area contributed by atoms with Gasteiger partial charge in [0.15, 0.2) is 4.34 Å². The van der Waals surface area contributed by atoms with Crippen molar-refractivity contribution in [3.05, 3.63) is 71.3 Å². The van der Waals surface area contributed by atoms with Crippen LogP contribution in [0.4, 0.5) is 13.9 Å². The van der Waals surface area contributed by atoms with Crippen LogP contribution in [0.15, 0.2) is 52.9 Å². The van der Waals surface area contributed by atoms with Gasteiger partial charge in [-0.1, -0.05) is 47.4 Å². The highest BCUT2D eigenvalue weighted by Gasteiger charge is 2.06. The molecule has 3 aromatic rings. The Bertz CT molecular complexity index is 775. The number of nitrogens with one attached hydrogen (secondary N) is 1. The van der Waals surface area contributed by atoms with Crippen LogP contribution in [-0.4, -0.2) is 10.2 Å². The topological polar surface area (TPSA) is 37.8 Å². The van der Waals surface area contributed by atoms with E-state index in [9.17, 15) is 8.78 Å². The maximum Gasteiger partial charge on any atom is 0.206 e. The van der Waals surface area contributed by atoms with Crippen LogP contribution in [0, 0.1) is 11.6 Å². The van der Waals surface area contributed by atoms with Gasteiger partial charge in [-0.05, 0) is 35.4 Å². The third-order valence-corrected chi connectivity index (χ3v) is 5.10. The lowest BCUT2D eigenvalue weighted by molar-refractivity contribution is 0.626. The normalized spacial score (nSPS) is 10.7. The minimum absolute atomic E-state index is 0.234. The van der Waals surface area contributed by atoms with Crippen molar-refractivity contribution in [1.82, 2.24) is 10.2 Å². The number of benzene rings is 2. The Labute approximate surface area is 140 Å². The number of rotatable bonds is 6. The molecule has 23 heavy (non-hydrogen) atoms. The van der Waals surface area contributed by atoms with E-state index in [-0.39, 0.29) is 11.6 Å². The van der Waals surface area contributed by atoms with E-state index in [0.717, 1.165) is 15.5 Å². The average molecular weight is 349 g/mol. The molecule has 2 aromatic carbocycles. The molecule has 0 atom stereocenters. The summed E-state index contributed by atoms with van der Waals surface area (Å²) >= 11 is 2.96. The summed E-state index contributed by atoms with van der Waals surface area (Å²) in [6.45, 7) is 0.559. The molecule has 0 aliphatic rings. The molecule has 118 valence electrons. The summed E-state index contributed by atoms with van der Waals surface area (Å²) in [5.74, 6) is 0.160. The van der Waals surface area contributed by atoms with Crippen molar-refractivity contribution >= 4 is 28.2 Å². The molecule has 0 spiro atoms. The SMILES string of the molecule is Fc1ccc(CNc2nnc(SCc3cccc(F)c3)s2)cc1. The molecule has 0 fully saturated rings. The highest BCUT2D eigenvalue weighted by atomic mass is 32.2. The van der Waals surface area contributed by atoms with E-state index in [1.165, 1.54) is 47.4 Å². The molecule has 0 aliphatic heterocycles. The van der Waals surface area contributed by atoms with Crippen LogP contribution in [-0.2, 0) is 12.3 Å². The highest BCUT2D eigenvalue weighted by Crippen LogP contribution is 2.28. The first-order chi connectivity index (χ1) is 11.2. The summed E-state index contributed by atoms with van der Waals surface area (Å²) in [4.78, 5) is 0. The zero-order chi connectivity index (χ0) is 16.1. The molecule has 3 nitrogen and oxygen atoms in total. The van der Waals surface area contributed by atoms with Gasteiger partial charge < -0.3 is 5.32 Å². The Morgan fingerprint density at radius 1 is 0.957 bits per heavy atom. The van der Waals surface area contributed by atoms with Crippen LogP contribution in [0.1, 0.15) is 11.1 Å². The molecule has 7 heteroatoms. The number of nitrogens with zero attached hydrogens (tertiary/aromatic N) is 2. The second kappa shape index (κ2) is 7.52. The van der Waals surface area contributed by atoms with Crippen LogP contribution >= 0.6 is 23.1 Å². The van der Waals surface area contributed by atoms with Crippen molar-refractivity contribution in [1.29, 1.82) is 0 Å². The standard InChI is InChI=1S/C16H13F2N3S2/c17-13-6-4-11(5-7-13)9-19-15-20-21-16(23-15)22-10-12-2-1-3-14(18)8-12/h1-8H,9-10H2,(H,19,20). The van der Waals surface area contributed by atoms with Crippen molar-refractivity contribution in [3.8, 4) is 0 Å². The first-order valence-corrected chi connectivity index (χ1v) is 8.68. The van der Waals surface area contributed by atoms with E-state index in [1.54, 1.807) is 18.2 Å². The van der Waals surface area contributed by atoms with E-state index >= 15 is 0 Å². The fourth-order valence-corrected chi connectivity index (χ4v) is 3.58. The van der Waals surface area contributed by atoms with Crippen LogP contribution in [0.2, 0.25) is 0 Å². The van der Waals surface area contributed by atoms with Gasteiger partial charge in [-0.15, -0.1) is 10.2 Å². The minimum Gasteiger partial charge on any atom is -0.356 e. The zero-order valence-corrected chi connectivity index (χ0v) is 13.6. The number of aromatic nitrogens is 2. The van der Waals surface area contributed by atoms with Gasteiger partial charge >= 0.3 is 0 Å². The van der Waals surface area contributed by atoms with E-state index in [4.69, 9.17) is 0 Å². The monoisotopic (exact) mass is 349 g/mol. The van der Waals surface area contributed by atoms with Crippen molar-refractivity contribution in [3.63, 3.8) is 0 Å². The van der Waals surface area contributed by atoms with E-state index in [0.29, 0.717) is 17.4 Å². The smallest absolute Gasteiger partial charge is 0.206 e. The van der Waals surface area contributed by atoms with Gasteiger partial charge in [0, 0.05) is 12.3 Å². The van der Waals surface area contributed by atoms with Crippen LogP contribution < -0.4 is 5.32 Å². The molecule has 1 aromatic heterocycles. The summed E-state index contributed by atoms with van der Waals surface area (Å²) in [5.41, 5.74) is 1.88. The predicted molar refractivity (Wildman–Crippen MR) is 89.6 cm³/mol. The summed E-state index contributed by atoms with van der Waals surface area (Å²) in [7, 11) is 0. The number of anilines is 1. The van der Waals surface area contributed by atoms with E-state index in [1.807, 2.05) is 6.07 Å². The highest BCUT2D eigenvalue weighted by molar-refractivity contribution is 8.00. The largest absolute Gasteiger partial charge is 0.356 e. The Morgan fingerprint density at radius 3 is 2.57 bits per heavy atom. The number of thioether (sulfide) groups is 1. The maximum atomic E-state index is 13.1. The van der Waals surface area contributed by atoms with Gasteiger partial charge in [0.25, 0.3) is 0 Å². The summed E-state index contributed by atoms with van der Waals surface area (Å²) in [6, 6.07) is 12.8. The lowest BCUT2D eigenvalue weighted by Crippen LogP contribution is -1.98.